The summed E-state index contributed by atoms with van der Waals surface area (Å²) in [5, 5.41) is 3.25. The van der Waals surface area contributed by atoms with Crippen LogP contribution in [0.2, 0.25) is 0 Å². The van der Waals surface area contributed by atoms with Crippen LogP contribution in [0.25, 0.3) is 0 Å². The Morgan fingerprint density at radius 3 is 3.33 bits per heavy atom. The number of rotatable bonds is 0. The number of ether oxygens (including phenoxy) is 1. The van der Waals surface area contributed by atoms with Gasteiger partial charge in [-0.3, -0.25) is 10.2 Å². The van der Waals surface area contributed by atoms with Crippen molar-refractivity contribution in [2.75, 3.05) is 13.8 Å². The normalized spacial score (nSPS) is 32.2. The van der Waals surface area contributed by atoms with Crippen LogP contribution in [0.3, 0.4) is 0 Å². The minimum absolute atomic E-state index is 0.206. The second-order valence-corrected chi connectivity index (χ2v) is 3.06. The molecule has 66 valence electrons. The molecule has 1 heterocycles. The number of hydrogen-bond donors (Lipinski definition) is 1. The number of fused-ring (bicyclic) bond motifs is 1. The van der Waals surface area contributed by atoms with Crippen molar-refractivity contribution in [3.05, 3.63) is 12.2 Å². The van der Waals surface area contributed by atoms with Gasteiger partial charge in [0.15, 0.2) is 0 Å². The fourth-order valence-electron chi connectivity index (χ4n) is 1.79. The lowest BCUT2D eigenvalue weighted by atomic mass is 10.2. The SMILES string of the molecule is COC(=O)N1CNC2CC=CC21. The molecule has 0 aromatic rings. The van der Waals surface area contributed by atoms with E-state index in [9.17, 15) is 4.79 Å². The van der Waals surface area contributed by atoms with Gasteiger partial charge >= 0.3 is 6.09 Å². The quantitative estimate of drug-likeness (QED) is 0.529. The van der Waals surface area contributed by atoms with Gasteiger partial charge in [0, 0.05) is 6.04 Å². The molecule has 1 fully saturated rings. The fraction of sp³-hybridized carbons (Fsp3) is 0.625. The van der Waals surface area contributed by atoms with Gasteiger partial charge in [-0.2, -0.15) is 0 Å². The largest absolute Gasteiger partial charge is 0.453 e. The molecule has 0 bridgehead atoms. The predicted molar refractivity (Wildman–Crippen MR) is 43.6 cm³/mol. The summed E-state index contributed by atoms with van der Waals surface area (Å²) in [6.45, 7) is 0.604. The molecular formula is C8H12N2O2. The Labute approximate surface area is 71.2 Å². The molecule has 2 aliphatic rings. The Bertz CT molecular complexity index is 227. The van der Waals surface area contributed by atoms with Crippen molar-refractivity contribution in [1.82, 2.24) is 10.2 Å². The third-order valence-electron chi connectivity index (χ3n) is 2.43. The van der Waals surface area contributed by atoms with E-state index >= 15 is 0 Å². The monoisotopic (exact) mass is 168 g/mol. The molecule has 12 heavy (non-hydrogen) atoms. The van der Waals surface area contributed by atoms with Crippen LogP contribution in [-0.4, -0.2) is 36.9 Å². The average molecular weight is 168 g/mol. The minimum atomic E-state index is -0.249. The van der Waals surface area contributed by atoms with Crippen molar-refractivity contribution in [3.8, 4) is 0 Å². The summed E-state index contributed by atoms with van der Waals surface area (Å²) < 4.78 is 4.66. The minimum Gasteiger partial charge on any atom is -0.453 e. The number of nitrogens with one attached hydrogen (secondary N) is 1. The summed E-state index contributed by atoms with van der Waals surface area (Å²) in [6, 6.07) is 0.613. The summed E-state index contributed by atoms with van der Waals surface area (Å²) >= 11 is 0. The maximum Gasteiger partial charge on any atom is 0.411 e. The Balaban J connectivity index is 2.08. The number of hydrogen-bond acceptors (Lipinski definition) is 3. The van der Waals surface area contributed by atoms with Crippen LogP contribution in [0.4, 0.5) is 4.79 Å². The molecule has 0 saturated carbocycles. The van der Waals surface area contributed by atoms with Crippen LogP contribution >= 0.6 is 0 Å². The second kappa shape index (κ2) is 2.79. The van der Waals surface area contributed by atoms with Gasteiger partial charge in [-0.1, -0.05) is 12.2 Å². The zero-order valence-electron chi connectivity index (χ0n) is 6.99. The van der Waals surface area contributed by atoms with Crippen molar-refractivity contribution >= 4 is 6.09 Å². The summed E-state index contributed by atoms with van der Waals surface area (Å²) in [5.74, 6) is 0. The first-order valence-electron chi connectivity index (χ1n) is 4.07. The summed E-state index contributed by atoms with van der Waals surface area (Å²) in [5.41, 5.74) is 0. The maximum absolute atomic E-state index is 11.2. The predicted octanol–water partition coefficient (Wildman–Crippen LogP) is 0.313. The molecule has 1 amide bonds. The molecule has 4 nitrogen and oxygen atoms in total. The first-order chi connectivity index (χ1) is 5.83. The van der Waals surface area contributed by atoms with Crippen LogP contribution in [0, 0.1) is 0 Å². The van der Waals surface area contributed by atoms with Crippen LogP contribution in [0.15, 0.2) is 12.2 Å². The standard InChI is InChI=1S/C8H12N2O2/c1-12-8(11)10-5-9-6-3-2-4-7(6)10/h2,4,6-7,9H,3,5H2,1H3. The zero-order chi connectivity index (χ0) is 8.55. The third-order valence-corrected chi connectivity index (χ3v) is 2.43. The molecule has 1 N–H and O–H groups in total. The van der Waals surface area contributed by atoms with Crippen molar-refractivity contribution in [1.29, 1.82) is 0 Å². The van der Waals surface area contributed by atoms with Gasteiger partial charge < -0.3 is 4.74 Å². The highest BCUT2D eigenvalue weighted by Crippen LogP contribution is 2.22. The number of amides is 1. The van der Waals surface area contributed by atoms with Gasteiger partial charge in [0.2, 0.25) is 0 Å². The number of carbonyl (C=O) groups excluding carboxylic acids is 1. The van der Waals surface area contributed by atoms with E-state index in [0.717, 1.165) is 6.42 Å². The first-order valence-corrected chi connectivity index (χ1v) is 4.07. The van der Waals surface area contributed by atoms with Crippen molar-refractivity contribution in [2.45, 2.75) is 18.5 Å². The molecular weight excluding hydrogens is 156 g/mol. The molecule has 2 unspecified atom stereocenters. The smallest absolute Gasteiger partial charge is 0.411 e. The van der Waals surface area contributed by atoms with E-state index < -0.39 is 0 Å². The molecule has 1 saturated heterocycles. The van der Waals surface area contributed by atoms with Crippen LogP contribution < -0.4 is 5.32 Å². The number of methoxy groups -OCH3 is 1. The molecule has 1 aliphatic carbocycles. The topological polar surface area (TPSA) is 41.6 Å². The van der Waals surface area contributed by atoms with Crippen LogP contribution in [0.1, 0.15) is 6.42 Å². The molecule has 2 atom stereocenters. The summed E-state index contributed by atoms with van der Waals surface area (Å²) in [7, 11) is 1.41. The molecule has 2 rings (SSSR count). The molecule has 0 spiro atoms. The lowest BCUT2D eigenvalue weighted by molar-refractivity contribution is 0.124. The highest BCUT2D eigenvalue weighted by molar-refractivity contribution is 5.69. The Morgan fingerprint density at radius 2 is 2.58 bits per heavy atom. The van der Waals surface area contributed by atoms with E-state index in [1.54, 1.807) is 4.90 Å². The van der Waals surface area contributed by atoms with Gasteiger partial charge in [0.25, 0.3) is 0 Å². The third kappa shape index (κ3) is 0.992. The highest BCUT2D eigenvalue weighted by Gasteiger charge is 2.37. The van der Waals surface area contributed by atoms with Gasteiger partial charge in [0.05, 0.1) is 19.8 Å². The lowest BCUT2D eigenvalue weighted by Gasteiger charge is -2.19. The van der Waals surface area contributed by atoms with E-state index in [0.29, 0.717) is 12.7 Å². The zero-order valence-corrected chi connectivity index (χ0v) is 6.99. The van der Waals surface area contributed by atoms with Crippen molar-refractivity contribution in [3.63, 3.8) is 0 Å². The van der Waals surface area contributed by atoms with Crippen LogP contribution in [-0.2, 0) is 4.74 Å². The van der Waals surface area contributed by atoms with Gasteiger partial charge in [-0.05, 0) is 6.42 Å². The van der Waals surface area contributed by atoms with Gasteiger partial charge in [-0.25, -0.2) is 4.79 Å². The second-order valence-electron chi connectivity index (χ2n) is 3.06. The average Bonchev–Trinajstić information content (AvgIpc) is 2.62. The summed E-state index contributed by atoms with van der Waals surface area (Å²) in [4.78, 5) is 12.9. The molecule has 4 heteroatoms. The van der Waals surface area contributed by atoms with Crippen molar-refractivity contribution in [2.24, 2.45) is 0 Å². The Hall–Kier alpha value is -1.03. The molecule has 1 aliphatic heterocycles. The lowest BCUT2D eigenvalue weighted by Crippen LogP contribution is -2.36. The molecule has 0 radical (unpaired) electrons. The summed E-state index contributed by atoms with van der Waals surface area (Å²) in [6.07, 6.45) is 4.92. The Kier molecular flexibility index (Phi) is 1.77. The van der Waals surface area contributed by atoms with E-state index in [2.05, 4.69) is 22.2 Å². The van der Waals surface area contributed by atoms with Gasteiger partial charge in [-0.15, -0.1) is 0 Å². The maximum atomic E-state index is 11.2. The van der Waals surface area contributed by atoms with Gasteiger partial charge in [0.1, 0.15) is 0 Å². The highest BCUT2D eigenvalue weighted by atomic mass is 16.5. The first kappa shape index (κ1) is 7.61. The van der Waals surface area contributed by atoms with E-state index in [-0.39, 0.29) is 12.1 Å². The van der Waals surface area contributed by atoms with E-state index in [4.69, 9.17) is 0 Å². The van der Waals surface area contributed by atoms with Crippen molar-refractivity contribution < 1.29 is 9.53 Å². The van der Waals surface area contributed by atoms with Crippen LogP contribution in [0.5, 0.6) is 0 Å². The number of carbonyl (C=O) groups is 1. The molecule has 0 aromatic carbocycles. The fourth-order valence-corrected chi connectivity index (χ4v) is 1.79. The number of nitrogens with zero attached hydrogens (tertiary/aromatic N) is 1. The van der Waals surface area contributed by atoms with E-state index in [1.165, 1.54) is 7.11 Å². The Morgan fingerprint density at radius 1 is 1.75 bits per heavy atom. The molecule has 0 aromatic heterocycles. The van der Waals surface area contributed by atoms with E-state index in [1.807, 2.05) is 0 Å².